The van der Waals surface area contributed by atoms with Crippen LogP contribution < -0.4 is 10.9 Å². The minimum Gasteiger partial charge on any atom is -0.309 e. The highest BCUT2D eigenvalue weighted by Crippen LogP contribution is 2.22. The summed E-state index contributed by atoms with van der Waals surface area (Å²) in [5.41, 5.74) is 7.70. The molecule has 1 heterocycles. The van der Waals surface area contributed by atoms with Gasteiger partial charge in [-0.25, -0.2) is 5.43 Å². The molecule has 23 heavy (non-hydrogen) atoms. The van der Waals surface area contributed by atoms with Gasteiger partial charge in [-0.15, -0.1) is 0 Å². The van der Waals surface area contributed by atoms with Gasteiger partial charge in [0, 0.05) is 11.6 Å². The number of nitrogens with one attached hydrogen (secondary N) is 2. The molecular weight excluding hydrogens is 312 g/mol. The third-order valence-electron chi connectivity index (χ3n) is 3.51. The fourth-order valence-electron chi connectivity index (χ4n) is 2.34. The zero-order valence-corrected chi connectivity index (χ0v) is 13.0. The molecule has 1 unspecified atom stereocenters. The van der Waals surface area contributed by atoms with Crippen LogP contribution in [-0.4, -0.2) is 24.4 Å². The molecule has 0 spiro atoms. The van der Waals surface area contributed by atoms with E-state index in [9.17, 15) is 4.79 Å². The lowest BCUT2D eigenvalue weighted by molar-refractivity contribution is -0.114. The molecule has 1 amide bonds. The van der Waals surface area contributed by atoms with E-state index in [2.05, 4.69) is 21.1 Å². The summed E-state index contributed by atoms with van der Waals surface area (Å²) in [6.07, 6.45) is 1.60. The van der Waals surface area contributed by atoms with Gasteiger partial charge in [0.25, 0.3) is 5.91 Å². The molecule has 0 radical (unpaired) electrons. The van der Waals surface area contributed by atoms with Crippen LogP contribution in [0.5, 0.6) is 0 Å². The molecule has 1 aliphatic rings. The number of hydrogen-bond donors (Lipinski definition) is 2. The Morgan fingerprint density at radius 2 is 1.96 bits per heavy atom. The predicted molar refractivity (Wildman–Crippen MR) is 91.8 cm³/mol. The first-order valence-corrected chi connectivity index (χ1v) is 7.56. The Labute approximate surface area is 139 Å². The number of hydrogen-bond acceptors (Lipinski definition) is 4. The molecule has 0 saturated carbocycles. The second kappa shape index (κ2) is 7.07. The van der Waals surface area contributed by atoms with Gasteiger partial charge in [0.15, 0.2) is 0 Å². The summed E-state index contributed by atoms with van der Waals surface area (Å²) < 4.78 is 0. The highest BCUT2D eigenvalue weighted by molar-refractivity contribution is 6.41. The Hall–Kier alpha value is -2.66. The van der Waals surface area contributed by atoms with Crippen molar-refractivity contribution >= 4 is 29.4 Å². The Kier molecular flexibility index (Phi) is 4.68. The molecule has 1 atom stereocenters. The summed E-state index contributed by atoms with van der Waals surface area (Å²) in [5.74, 6) is -0.429. The van der Waals surface area contributed by atoms with Crippen molar-refractivity contribution in [3.8, 4) is 0 Å². The molecule has 0 aliphatic carbocycles. The third-order valence-corrected chi connectivity index (χ3v) is 3.76. The first-order valence-electron chi connectivity index (χ1n) is 7.18. The first kappa shape index (κ1) is 15.2. The highest BCUT2D eigenvalue weighted by atomic mass is 35.5. The smallest absolute Gasteiger partial charge is 0.288 e. The largest absolute Gasteiger partial charge is 0.309 e. The SMILES string of the molecule is O=C(N/N=C\c1ccccc1)C1=NNCC1c1ccc(Cl)cc1. The van der Waals surface area contributed by atoms with Crippen molar-refractivity contribution in [1.82, 2.24) is 10.9 Å². The second-order valence-corrected chi connectivity index (χ2v) is 5.51. The summed E-state index contributed by atoms with van der Waals surface area (Å²) in [5, 5.41) is 8.73. The maximum atomic E-state index is 12.3. The fourth-order valence-corrected chi connectivity index (χ4v) is 2.46. The van der Waals surface area contributed by atoms with Crippen molar-refractivity contribution in [2.75, 3.05) is 6.54 Å². The number of rotatable bonds is 4. The van der Waals surface area contributed by atoms with E-state index in [0.717, 1.165) is 11.1 Å². The quantitative estimate of drug-likeness (QED) is 0.670. The molecule has 2 N–H and O–H groups in total. The molecule has 3 rings (SSSR count). The topological polar surface area (TPSA) is 65.8 Å². The van der Waals surface area contributed by atoms with Crippen LogP contribution >= 0.6 is 11.6 Å². The van der Waals surface area contributed by atoms with Crippen molar-refractivity contribution in [2.45, 2.75) is 5.92 Å². The molecule has 0 fully saturated rings. The zero-order valence-electron chi connectivity index (χ0n) is 12.2. The summed E-state index contributed by atoms with van der Waals surface area (Å²) in [7, 11) is 0. The minimum atomic E-state index is -0.317. The average molecular weight is 327 g/mol. The lowest BCUT2D eigenvalue weighted by Crippen LogP contribution is -2.30. The Morgan fingerprint density at radius 3 is 2.70 bits per heavy atom. The summed E-state index contributed by atoms with van der Waals surface area (Å²) in [6, 6.07) is 16.9. The van der Waals surface area contributed by atoms with Crippen molar-refractivity contribution in [1.29, 1.82) is 0 Å². The molecule has 2 aromatic rings. The van der Waals surface area contributed by atoms with Crippen molar-refractivity contribution in [2.24, 2.45) is 10.2 Å². The van der Waals surface area contributed by atoms with Crippen LogP contribution in [0.3, 0.4) is 0 Å². The number of carbonyl (C=O) groups is 1. The van der Waals surface area contributed by atoms with E-state index in [1.165, 1.54) is 0 Å². The van der Waals surface area contributed by atoms with E-state index in [4.69, 9.17) is 11.6 Å². The van der Waals surface area contributed by atoms with Gasteiger partial charge in [0.2, 0.25) is 0 Å². The molecular formula is C17H15ClN4O. The molecule has 1 aliphatic heterocycles. The van der Waals surface area contributed by atoms with Crippen LogP contribution in [0.4, 0.5) is 0 Å². The van der Waals surface area contributed by atoms with Crippen molar-refractivity contribution < 1.29 is 4.79 Å². The van der Waals surface area contributed by atoms with Crippen LogP contribution in [0.1, 0.15) is 17.0 Å². The standard InChI is InChI=1S/C17H15ClN4O/c18-14-8-6-13(7-9-14)15-11-20-21-16(15)17(23)22-19-10-12-4-2-1-3-5-12/h1-10,15,20H,11H2,(H,22,23)/b19-10-. The zero-order chi connectivity index (χ0) is 16.1. The van der Waals surface area contributed by atoms with E-state index in [1.807, 2.05) is 42.5 Å². The maximum absolute atomic E-state index is 12.3. The summed E-state index contributed by atoms with van der Waals surface area (Å²) >= 11 is 5.90. The maximum Gasteiger partial charge on any atom is 0.288 e. The first-order chi connectivity index (χ1) is 11.2. The van der Waals surface area contributed by atoms with Crippen molar-refractivity contribution in [3.05, 3.63) is 70.7 Å². The third kappa shape index (κ3) is 3.76. The van der Waals surface area contributed by atoms with Crippen LogP contribution in [0.25, 0.3) is 0 Å². The van der Waals surface area contributed by atoms with Gasteiger partial charge in [-0.3, -0.25) is 4.79 Å². The fraction of sp³-hybridized carbons (Fsp3) is 0.118. The lowest BCUT2D eigenvalue weighted by atomic mass is 9.94. The van der Waals surface area contributed by atoms with Crippen LogP contribution in [0.2, 0.25) is 5.02 Å². The summed E-state index contributed by atoms with van der Waals surface area (Å²) in [6.45, 7) is 0.576. The highest BCUT2D eigenvalue weighted by Gasteiger charge is 2.28. The predicted octanol–water partition coefficient (Wildman–Crippen LogP) is 2.53. The number of amides is 1. The van der Waals surface area contributed by atoms with Gasteiger partial charge in [-0.2, -0.15) is 10.2 Å². The Bertz CT molecular complexity index is 741. The summed E-state index contributed by atoms with van der Waals surface area (Å²) in [4.78, 5) is 12.3. The molecule has 5 nitrogen and oxygen atoms in total. The van der Waals surface area contributed by atoms with Gasteiger partial charge in [0.1, 0.15) is 5.71 Å². The number of nitrogens with zero attached hydrogens (tertiary/aromatic N) is 2. The molecule has 6 heteroatoms. The van der Waals surface area contributed by atoms with Crippen LogP contribution in [0.15, 0.2) is 64.8 Å². The second-order valence-electron chi connectivity index (χ2n) is 5.07. The minimum absolute atomic E-state index is 0.112. The Balaban J connectivity index is 1.66. The van der Waals surface area contributed by atoms with Crippen molar-refractivity contribution in [3.63, 3.8) is 0 Å². The van der Waals surface area contributed by atoms with Crippen LogP contribution in [0, 0.1) is 0 Å². The Morgan fingerprint density at radius 1 is 1.22 bits per heavy atom. The van der Waals surface area contributed by atoms with E-state index in [1.54, 1.807) is 18.3 Å². The monoisotopic (exact) mass is 326 g/mol. The van der Waals surface area contributed by atoms with Gasteiger partial charge >= 0.3 is 0 Å². The van der Waals surface area contributed by atoms with E-state index < -0.39 is 0 Å². The number of hydrazone groups is 2. The molecule has 0 saturated heterocycles. The lowest BCUT2D eigenvalue weighted by Gasteiger charge is -2.11. The van der Waals surface area contributed by atoms with Crippen LogP contribution in [-0.2, 0) is 4.79 Å². The molecule has 0 aromatic heterocycles. The van der Waals surface area contributed by atoms with E-state index >= 15 is 0 Å². The normalized spacial score (nSPS) is 16.9. The number of carbonyl (C=O) groups excluding carboxylic acids is 1. The molecule has 2 aromatic carbocycles. The number of benzene rings is 2. The van der Waals surface area contributed by atoms with E-state index in [0.29, 0.717) is 17.3 Å². The van der Waals surface area contributed by atoms with Gasteiger partial charge in [-0.1, -0.05) is 54.1 Å². The number of halogens is 1. The molecule has 116 valence electrons. The van der Waals surface area contributed by atoms with E-state index in [-0.39, 0.29) is 11.8 Å². The van der Waals surface area contributed by atoms with Gasteiger partial charge < -0.3 is 5.43 Å². The van der Waals surface area contributed by atoms with Gasteiger partial charge in [-0.05, 0) is 23.3 Å². The molecule has 0 bridgehead atoms. The van der Waals surface area contributed by atoms with Gasteiger partial charge in [0.05, 0.1) is 12.1 Å². The average Bonchev–Trinajstić information content (AvgIpc) is 3.06.